The number of rotatable bonds is 6. The number of ether oxygens (including phenoxy) is 1. The number of nitrogens with zero attached hydrogens (tertiary/aromatic N) is 3. The molecule has 184 valence electrons. The lowest BCUT2D eigenvalue weighted by molar-refractivity contribution is -0.141. The molecule has 2 aromatic carbocycles. The van der Waals surface area contributed by atoms with Crippen LogP contribution in [0.15, 0.2) is 36.4 Å². The highest BCUT2D eigenvalue weighted by Crippen LogP contribution is 2.41. The first kappa shape index (κ1) is 26.1. The fourth-order valence-electron chi connectivity index (χ4n) is 3.90. The zero-order valence-corrected chi connectivity index (χ0v) is 19.9. The van der Waals surface area contributed by atoms with Gasteiger partial charge >= 0.3 is 12.1 Å². The smallest absolute Gasteiger partial charge is 0.420 e. The topological polar surface area (TPSA) is 73.6 Å². The maximum atomic E-state index is 15.1. The number of hydrogen-bond donors (Lipinski definition) is 0. The third-order valence-corrected chi connectivity index (χ3v) is 6.07. The molecule has 0 aromatic heterocycles. The summed E-state index contributed by atoms with van der Waals surface area (Å²) in [5, 5.41) is 8.80. The second kappa shape index (κ2) is 9.62. The summed E-state index contributed by atoms with van der Waals surface area (Å²) < 4.78 is 60.1. The van der Waals surface area contributed by atoms with Crippen molar-refractivity contribution in [2.24, 2.45) is 0 Å². The number of hydrogen-bond acceptors (Lipinski definition) is 5. The van der Waals surface area contributed by atoms with E-state index < -0.39 is 40.3 Å². The molecule has 1 fully saturated rings. The Morgan fingerprint density at radius 3 is 2.34 bits per heavy atom. The molecule has 1 heterocycles. The summed E-state index contributed by atoms with van der Waals surface area (Å²) in [7, 11) is 1.32. The largest absolute Gasteiger partial charge is 0.469 e. The van der Waals surface area contributed by atoms with E-state index in [9.17, 15) is 22.8 Å². The van der Waals surface area contributed by atoms with Crippen molar-refractivity contribution in [2.75, 3.05) is 16.9 Å². The molecule has 11 heteroatoms. The lowest BCUT2D eigenvalue weighted by atomic mass is 10.0. The van der Waals surface area contributed by atoms with Gasteiger partial charge in [-0.3, -0.25) is 14.5 Å². The van der Waals surface area contributed by atoms with Crippen LogP contribution in [-0.2, 0) is 26.9 Å². The minimum absolute atomic E-state index is 0.199. The number of aryl methyl sites for hydroxylation is 1. The maximum Gasteiger partial charge on any atom is 0.420 e. The normalized spacial score (nSPS) is 15.4. The van der Waals surface area contributed by atoms with Crippen LogP contribution in [0.4, 0.5) is 28.9 Å². The average molecular weight is 508 g/mol. The molecule has 0 unspecified atom stereocenters. The van der Waals surface area contributed by atoms with Crippen LogP contribution in [0.3, 0.4) is 0 Å². The van der Waals surface area contributed by atoms with Crippen LogP contribution >= 0.6 is 12.2 Å². The van der Waals surface area contributed by atoms with Gasteiger partial charge in [0.05, 0.1) is 24.4 Å². The highest BCUT2D eigenvalue weighted by molar-refractivity contribution is 7.81. The molecular weight excluding hydrogens is 486 g/mol. The van der Waals surface area contributed by atoms with E-state index in [-0.39, 0.29) is 17.5 Å². The molecule has 3 rings (SSSR count). The van der Waals surface area contributed by atoms with Gasteiger partial charge in [-0.1, -0.05) is 12.1 Å². The van der Waals surface area contributed by atoms with Crippen molar-refractivity contribution in [3.63, 3.8) is 0 Å². The molecule has 0 aliphatic carbocycles. The van der Waals surface area contributed by atoms with E-state index in [4.69, 9.17) is 17.5 Å². The lowest BCUT2D eigenvalue weighted by Gasteiger charge is -2.29. The van der Waals surface area contributed by atoms with Crippen LogP contribution in [0.2, 0.25) is 0 Å². The number of thiocarbonyl (C=S) groups is 1. The van der Waals surface area contributed by atoms with E-state index in [2.05, 4.69) is 4.74 Å². The molecule has 1 saturated heterocycles. The Balaban J connectivity index is 1.95. The van der Waals surface area contributed by atoms with Crippen molar-refractivity contribution in [3.8, 4) is 6.07 Å². The van der Waals surface area contributed by atoms with Crippen molar-refractivity contribution in [3.05, 3.63) is 58.9 Å². The van der Waals surface area contributed by atoms with Gasteiger partial charge in [0.15, 0.2) is 10.9 Å². The van der Waals surface area contributed by atoms with E-state index in [1.807, 2.05) is 0 Å². The Labute approximate surface area is 204 Å². The number of anilines is 2. The Kier molecular flexibility index (Phi) is 7.17. The van der Waals surface area contributed by atoms with Gasteiger partial charge in [-0.2, -0.15) is 18.4 Å². The Morgan fingerprint density at radius 2 is 1.80 bits per heavy atom. The van der Waals surface area contributed by atoms with Gasteiger partial charge in [-0.15, -0.1) is 0 Å². The number of alkyl halides is 3. The third-order valence-electron chi connectivity index (χ3n) is 5.70. The van der Waals surface area contributed by atoms with E-state index >= 15 is 4.39 Å². The summed E-state index contributed by atoms with van der Waals surface area (Å²) in [5.74, 6) is -2.78. The molecule has 1 aliphatic rings. The predicted molar refractivity (Wildman–Crippen MR) is 124 cm³/mol. The molecule has 1 aliphatic heterocycles. The van der Waals surface area contributed by atoms with Gasteiger partial charge in [0.1, 0.15) is 11.1 Å². The SMILES string of the molecule is COC(=O)CCCc1ccc(N2C(=S)N(c3ccc(C#N)c(C(F)(F)F)c3F)C(=O)C2(C)C)cc1. The quantitative estimate of drug-likeness (QED) is 0.307. The van der Waals surface area contributed by atoms with E-state index in [0.717, 1.165) is 22.6 Å². The number of carbonyl (C=O) groups excluding carboxylic acids is 2. The number of amides is 1. The van der Waals surface area contributed by atoms with Crippen LogP contribution in [0, 0.1) is 17.1 Å². The van der Waals surface area contributed by atoms with Crippen LogP contribution in [0.25, 0.3) is 0 Å². The molecule has 6 nitrogen and oxygen atoms in total. The first-order valence-electron chi connectivity index (χ1n) is 10.5. The van der Waals surface area contributed by atoms with Crippen LogP contribution in [0.1, 0.15) is 43.4 Å². The number of carbonyl (C=O) groups is 2. The summed E-state index contributed by atoms with van der Waals surface area (Å²) >= 11 is 5.42. The average Bonchev–Trinajstić information content (AvgIpc) is 2.97. The molecule has 0 spiro atoms. The summed E-state index contributed by atoms with van der Waals surface area (Å²) in [5.41, 5.74) is -3.26. The molecular formula is C24H21F4N3O3S. The van der Waals surface area contributed by atoms with Crippen LogP contribution in [0.5, 0.6) is 0 Å². The fraction of sp³-hybridized carbons (Fsp3) is 0.333. The Bertz CT molecular complexity index is 1220. The highest BCUT2D eigenvalue weighted by Gasteiger charge is 2.51. The highest BCUT2D eigenvalue weighted by atomic mass is 32.1. The first-order chi connectivity index (χ1) is 16.3. The number of nitriles is 1. The summed E-state index contributed by atoms with van der Waals surface area (Å²) in [6, 6.07) is 10.0. The van der Waals surface area contributed by atoms with Gasteiger partial charge in [-0.25, -0.2) is 4.39 Å². The molecule has 0 saturated carbocycles. The number of methoxy groups -OCH3 is 1. The Morgan fingerprint density at radius 1 is 1.17 bits per heavy atom. The van der Waals surface area contributed by atoms with Crippen molar-refractivity contribution in [1.29, 1.82) is 5.26 Å². The van der Waals surface area contributed by atoms with Crippen molar-refractivity contribution in [2.45, 2.75) is 44.8 Å². The zero-order chi connectivity index (χ0) is 26.1. The monoisotopic (exact) mass is 507 g/mol. The molecule has 0 atom stereocenters. The fourth-order valence-corrected chi connectivity index (χ4v) is 4.41. The van der Waals surface area contributed by atoms with Gasteiger partial charge in [0.25, 0.3) is 5.91 Å². The zero-order valence-electron chi connectivity index (χ0n) is 19.1. The molecule has 0 N–H and O–H groups in total. The van der Waals surface area contributed by atoms with Gasteiger partial charge in [0.2, 0.25) is 0 Å². The van der Waals surface area contributed by atoms with Crippen LogP contribution < -0.4 is 9.80 Å². The van der Waals surface area contributed by atoms with Crippen molar-refractivity contribution < 1.29 is 31.9 Å². The maximum absolute atomic E-state index is 15.1. The number of halogens is 4. The van der Waals surface area contributed by atoms with E-state index in [1.165, 1.54) is 31.9 Å². The van der Waals surface area contributed by atoms with Gasteiger partial charge in [0, 0.05) is 12.1 Å². The molecule has 35 heavy (non-hydrogen) atoms. The van der Waals surface area contributed by atoms with Crippen LogP contribution in [-0.4, -0.2) is 29.6 Å². The summed E-state index contributed by atoms with van der Waals surface area (Å²) in [4.78, 5) is 26.7. The Hall–Kier alpha value is -3.52. The molecule has 1 amide bonds. The van der Waals surface area contributed by atoms with E-state index in [0.29, 0.717) is 18.5 Å². The van der Waals surface area contributed by atoms with Crippen molar-refractivity contribution >= 4 is 40.6 Å². The summed E-state index contributed by atoms with van der Waals surface area (Å²) in [6.45, 7) is 3.05. The lowest BCUT2D eigenvalue weighted by Crippen LogP contribution is -2.44. The van der Waals surface area contributed by atoms with E-state index in [1.54, 1.807) is 24.3 Å². The molecule has 0 bridgehead atoms. The minimum atomic E-state index is -5.14. The standard InChI is InChI=1S/C24H21F4N3O3S/c1-23(2)21(33)30(17-12-9-15(13-29)19(20(17)25)24(26,27)28)22(35)31(23)16-10-7-14(8-11-16)5-4-6-18(32)34-3/h7-12H,4-6H2,1-3H3. The second-order valence-electron chi connectivity index (χ2n) is 8.34. The summed E-state index contributed by atoms with van der Waals surface area (Å²) in [6.07, 6.45) is -3.70. The molecule has 2 aromatic rings. The molecule has 0 radical (unpaired) electrons. The second-order valence-corrected chi connectivity index (χ2v) is 8.71. The minimum Gasteiger partial charge on any atom is -0.469 e. The number of benzene rings is 2. The van der Waals surface area contributed by atoms with Crippen molar-refractivity contribution in [1.82, 2.24) is 0 Å². The van der Waals surface area contributed by atoms with Gasteiger partial charge < -0.3 is 9.64 Å². The first-order valence-corrected chi connectivity index (χ1v) is 10.9. The predicted octanol–water partition coefficient (Wildman–Crippen LogP) is 5.13. The number of esters is 1. The van der Waals surface area contributed by atoms with Gasteiger partial charge in [-0.05, 0) is 68.7 Å². The third kappa shape index (κ3) is 4.84.